The molecule has 1 aromatic carbocycles. The molecule has 1 saturated heterocycles. The zero-order chi connectivity index (χ0) is 14.7. The summed E-state index contributed by atoms with van der Waals surface area (Å²) < 4.78 is 4.62. The Balaban J connectivity index is 2.32. The summed E-state index contributed by atoms with van der Waals surface area (Å²) in [4.78, 5) is 26.4. The number of nitro groups is 1. The fourth-order valence-corrected chi connectivity index (χ4v) is 2.22. The summed E-state index contributed by atoms with van der Waals surface area (Å²) in [6, 6.07) is 4.57. The molecule has 0 atom stereocenters. The first-order chi connectivity index (χ1) is 9.52. The SMILES string of the molecule is COC(=O)c1cc(N2CCN(C)CC2)ccc1[N+](=O)[O-]. The Hall–Kier alpha value is -2.15. The number of likely N-dealkylation sites (N-methyl/N-ethyl adjacent to an activating group) is 1. The molecule has 0 aromatic heterocycles. The highest BCUT2D eigenvalue weighted by molar-refractivity contribution is 5.95. The number of methoxy groups -OCH3 is 1. The summed E-state index contributed by atoms with van der Waals surface area (Å²) in [5, 5.41) is 11.0. The molecule has 0 bridgehead atoms. The molecule has 7 nitrogen and oxygen atoms in total. The Labute approximate surface area is 116 Å². The minimum absolute atomic E-state index is 0.00562. The first kappa shape index (κ1) is 14.3. The van der Waals surface area contributed by atoms with Crippen molar-refractivity contribution >= 4 is 17.3 Å². The van der Waals surface area contributed by atoms with Gasteiger partial charge >= 0.3 is 5.97 Å². The maximum Gasteiger partial charge on any atom is 0.344 e. The number of hydrogen-bond acceptors (Lipinski definition) is 6. The van der Waals surface area contributed by atoms with Crippen molar-refractivity contribution in [3.8, 4) is 0 Å². The molecule has 7 heteroatoms. The summed E-state index contributed by atoms with van der Waals surface area (Å²) in [5.41, 5.74) is 0.577. The fourth-order valence-electron chi connectivity index (χ4n) is 2.22. The highest BCUT2D eigenvalue weighted by Crippen LogP contribution is 2.26. The van der Waals surface area contributed by atoms with Gasteiger partial charge in [-0.15, -0.1) is 0 Å². The number of ether oxygens (including phenoxy) is 1. The van der Waals surface area contributed by atoms with Crippen LogP contribution in [0.15, 0.2) is 18.2 Å². The van der Waals surface area contributed by atoms with Crippen molar-refractivity contribution in [3.05, 3.63) is 33.9 Å². The zero-order valence-corrected chi connectivity index (χ0v) is 11.5. The Kier molecular flexibility index (Phi) is 4.19. The number of benzene rings is 1. The molecule has 0 aliphatic carbocycles. The number of anilines is 1. The van der Waals surface area contributed by atoms with E-state index in [-0.39, 0.29) is 11.3 Å². The van der Waals surface area contributed by atoms with Crippen molar-refractivity contribution in [2.75, 3.05) is 45.2 Å². The Morgan fingerprint density at radius 1 is 1.30 bits per heavy atom. The van der Waals surface area contributed by atoms with Gasteiger partial charge in [0.15, 0.2) is 0 Å². The van der Waals surface area contributed by atoms with E-state index in [9.17, 15) is 14.9 Å². The normalized spacial score (nSPS) is 16.0. The van der Waals surface area contributed by atoms with Crippen LogP contribution < -0.4 is 4.90 Å². The molecule has 0 unspecified atom stereocenters. The van der Waals surface area contributed by atoms with Crippen LogP contribution in [0.1, 0.15) is 10.4 Å². The summed E-state index contributed by atoms with van der Waals surface area (Å²) >= 11 is 0. The highest BCUT2D eigenvalue weighted by atomic mass is 16.6. The van der Waals surface area contributed by atoms with Crippen molar-refractivity contribution < 1.29 is 14.5 Å². The van der Waals surface area contributed by atoms with E-state index in [0.717, 1.165) is 31.9 Å². The summed E-state index contributed by atoms with van der Waals surface area (Å²) in [6.45, 7) is 3.50. The number of nitro benzene ring substituents is 1. The van der Waals surface area contributed by atoms with Crippen LogP contribution in [-0.2, 0) is 4.74 Å². The second kappa shape index (κ2) is 5.87. The van der Waals surface area contributed by atoms with Crippen molar-refractivity contribution in [2.24, 2.45) is 0 Å². The topological polar surface area (TPSA) is 75.9 Å². The third kappa shape index (κ3) is 2.88. The van der Waals surface area contributed by atoms with Gasteiger partial charge in [-0.2, -0.15) is 0 Å². The van der Waals surface area contributed by atoms with Crippen molar-refractivity contribution in [2.45, 2.75) is 0 Å². The van der Waals surface area contributed by atoms with Crippen LogP contribution in [0.3, 0.4) is 0 Å². The van der Waals surface area contributed by atoms with E-state index in [1.807, 2.05) is 7.05 Å². The average molecular weight is 279 g/mol. The number of rotatable bonds is 3. The molecule has 0 amide bonds. The molecule has 1 fully saturated rings. The van der Waals surface area contributed by atoms with Crippen LogP contribution in [0.25, 0.3) is 0 Å². The average Bonchev–Trinajstić information content (AvgIpc) is 2.46. The lowest BCUT2D eigenvalue weighted by molar-refractivity contribution is -0.385. The number of carbonyl (C=O) groups excluding carboxylic acids is 1. The van der Waals surface area contributed by atoms with E-state index < -0.39 is 10.9 Å². The summed E-state index contributed by atoms with van der Waals surface area (Å²) in [5.74, 6) is -0.687. The minimum Gasteiger partial charge on any atom is -0.465 e. The third-order valence-electron chi connectivity index (χ3n) is 3.45. The largest absolute Gasteiger partial charge is 0.465 e. The van der Waals surface area contributed by atoms with Gasteiger partial charge in [0, 0.05) is 37.9 Å². The molecular formula is C13H17N3O4. The summed E-state index contributed by atoms with van der Waals surface area (Å²) in [6.07, 6.45) is 0. The van der Waals surface area contributed by atoms with Gasteiger partial charge in [0.05, 0.1) is 12.0 Å². The molecule has 0 radical (unpaired) electrons. The molecule has 1 aromatic rings. The number of hydrogen-bond donors (Lipinski definition) is 0. The van der Waals surface area contributed by atoms with Crippen LogP contribution in [-0.4, -0.2) is 56.1 Å². The van der Waals surface area contributed by atoms with Crippen molar-refractivity contribution in [3.63, 3.8) is 0 Å². The van der Waals surface area contributed by atoms with E-state index in [0.29, 0.717) is 0 Å². The zero-order valence-electron chi connectivity index (χ0n) is 11.5. The molecule has 1 heterocycles. The molecule has 2 rings (SSSR count). The predicted octanol–water partition coefficient (Wildman–Crippen LogP) is 1.13. The smallest absolute Gasteiger partial charge is 0.344 e. The monoisotopic (exact) mass is 279 g/mol. The fraction of sp³-hybridized carbons (Fsp3) is 0.462. The van der Waals surface area contributed by atoms with Crippen LogP contribution in [0.2, 0.25) is 0 Å². The van der Waals surface area contributed by atoms with Gasteiger partial charge in [0.1, 0.15) is 5.56 Å². The first-order valence-electron chi connectivity index (χ1n) is 6.33. The lowest BCUT2D eigenvalue weighted by atomic mass is 10.1. The van der Waals surface area contributed by atoms with E-state index in [2.05, 4.69) is 14.5 Å². The van der Waals surface area contributed by atoms with Crippen molar-refractivity contribution in [1.29, 1.82) is 0 Å². The van der Waals surface area contributed by atoms with Crippen LogP contribution in [0, 0.1) is 10.1 Å². The Morgan fingerprint density at radius 3 is 2.50 bits per heavy atom. The van der Waals surface area contributed by atoms with Gasteiger partial charge in [-0.25, -0.2) is 4.79 Å². The lowest BCUT2D eigenvalue weighted by Crippen LogP contribution is -2.44. The second-order valence-corrected chi connectivity index (χ2v) is 4.74. The molecule has 20 heavy (non-hydrogen) atoms. The Morgan fingerprint density at radius 2 is 1.95 bits per heavy atom. The van der Waals surface area contributed by atoms with Crippen LogP contribution in [0.5, 0.6) is 0 Å². The van der Waals surface area contributed by atoms with E-state index in [4.69, 9.17) is 0 Å². The highest BCUT2D eigenvalue weighted by Gasteiger charge is 2.23. The molecule has 1 aliphatic heterocycles. The third-order valence-corrected chi connectivity index (χ3v) is 3.45. The van der Waals surface area contributed by atoms with Crippen LogP contribution in [0.4, 0.5) is 11.4 Å². The van der Waals surface area contributed by atoms with Gasteiger partial charge in [0.2, 0.25) is 0 Å². The summed E-state index contributed by atoms with van der Waals surface area (Å²) in [7, 11) is 3.27. The maximum atomic E-state index is 11.7. The van der Waals surface area contributed by atoms with Crippen molar-refractivity contribution in [1.82, 2.24) is 4.90 Å². The lowest BCUT2D eigenvalue weighted by Gasteiger charge is -2.34. The quantitative estimate of drug-likeness (QED) is 0.469. The van der Waals surface area contributed by atoms with E-state index in [1.54, 1.807) is 6.07 Å². The van der Waals surface area contributed by atoms with Gasteiger partial charge in [-0.05, 0) is 19.2 Å². The standard InChI is InChI=1S/C13H17N3O4/c1-14-5-7-15(8-6-14)10-3-4-12(16(18)19)11(9-10)13(17)20-2/h3-4,9H,5-8H2,1-2H3. The van der Waals surface area contributed by atoms with Gasteiger partial charge in [-0.1, -0.05) is 0 Å². The van der Waals surface area contributed by atoms with Crippen LogP contribution >= 0.6 is 0 Å². The van der Waals surface area contributed by atoms with Gasteiger partial charge < -0.3 is 14.5 Å². The molecule has 0 spiro atoms. The first-order valence-corrected chi connectivity index (χ1v) is 6.33. The van der Waals surface area contributed by atoms with Gasteiger partial charge in [-0.3, -0.25) is 10.1 Å². The van der Waals surface area contributed by atoms with Gasteiger partial charge in [0.25, 0.3) is 5.69 Å². The molecule has 0 saturated carbocycles. The second-order valence-electron chi connectivity index (χ2n) is 4.74. The maximum absolute atomic E-state index is 11.7. The number of esters is 1. The number of carbonyl (C=O) groups is 1. The van der Waals surface area contributed by atoms with E-state index in [1.165, 1.54) is 19.2 Å². The number of nitrogens with zero attached hydrogens (tertiary/aromatic N) is 3. The minimum atomic E-state index is -0.687. The molecule has 1 aliphatic rings. The molecule has 108 valence electrons. The Bertz CT molecular complexity index is 524. The van der Waals surface area contributed by atoms with E-state index >= 15 is 0 Å². The predicted molar refractivity (Wildman–Crippen MR) is 74.1 cm³/mol. The number of piperazine rings is 1. The molecule has 0 N–H and O–H groups in total. The molecular weight excluding hydrogens is 262 g/mol.